The second kappa shape index (κ2) is 3.72. The van der Waals surface area contributed by atoms with Crippen molar-refractivity contribution in [2.75, 3.05) is 0 Å². The topological polar surface area (TPSA) is 52.3 Å². The van der Waals surface area contributed by atoms with E-state index in [0.717, 1.165) is 0 Å². The number of carbonyl (C=O) groups is 1. The highest BCUT2D eigenvalue weighted by atomic mass is 16.6. The molecule has 0 amide bonds. The summed E-state index contributed by atoms with van der Waals surface area (Å²) in [5, 5.41) is 0. The van der Waals surface area contributed by atoms with E-state index < -0.39 is 12.2 Å². The Balaban J connectivity index is 4.11. The zero-order valence-electron chi connectivity index (χ0n) is 8.18. The molecule has 0 spiro atoms. The first kappa shape index (κ1) is 11.2. The van der Waals surface area contributed by atoms with Crippen molar-refractivity contribution in [1.82, 2.24) is 0 Å². The van der Waals surface area contributed by atoms with Crippen molar-refractivity contribution in [3.8, 4) is 0 Å². The van der Waals surface area contributed by atoms with Crippen LogP contribution in [-0.2, 0) is 9.53 Å². The first-order valence-corrected chi connectivity index (χ1v) is 3.87. The van der Waals surface area contributed by atoms with Gasteiger partial charge in [0.1, 0.15) is 0 Å². The molecule has 0 aliphatic rings. The fraction of sp³-hybridized carbons (Fsp3) is 0.667. The predicted molar refractivity (Wildman–Crippen MR) is 48.3 cm³/mol. The molecule has 12 heavy (non-hydrogen) atoms. The molecule has 0 radical (unpaired) electrons. The van der Waals surface area contributed by atoms with E-state index in [4.69, 9.17) is 10.5 Å². The van der Waals surface area contributed by atoms with Gasteiger partial charge in [-0.3, -0.25) is 5.73 Å². The van der Waals surface area contributed by atoms with Crippen LogP contribution < -0.4 is 5.73 Å². The average molecular weight is 171 g/mol. The quantitative estimate of drug-likeness (QED) is 0.388. The Labute approximate surface area is 73.6 Å². The molecule has 0 aromatic rings. The zero-order valence-corrected chi connectivity index (χ0v) is 8.18. The average Bonchev–Trinajstić information content (AvgIpc) is 1.85. The molecule has 0 aliphatic heterocycles. The van der Waals surface area contributed by atoms with Crippen molar-refractivity contribution in [2.24, 2.45) is 11.1 Å². The van der Waals surface area contributed by atoms with Crippen LogP contribution in [-0.4, -0.2) is 12.2 Å². The van der Waals surface area contributed by atoms with Gasteiger partial charge in [0.05, 0.1) is 0 Å². The molecule has 70 valence electrons. The fourth-order valence-corrected chi connectivity index (χ4v) is 0.393. The Hall–Kier alpha value is -0.830. The zero-order chi connectivity index (χ0) is 9.94. The minimum absolute atomic E-state index is 0.231. The van der Waals surface area contributed by atoms with Gasteiger partial charge in [-0.15, -0.1) is 0 Å². The maximum absolute atomic E-state index is 11.0. The molecule has 3 heteroatoms. The minimum Gasteiger partial charge on any atom is -0.443 e. The molecule has 0 rings (SSSR count). The molecular formula is C9H17NO2. The van der Waals surface area contributed by atoms with E-state index in [1.165, 1.54) is 0 Å². The largest absolute Gasteiger partial charge is 0.443 e. The van der Waals surface area contributed by atoms with Gasteiger partial charge in [-0.25, -0.2) is 4.79 Å². The van der Waals surface area contributed by atoms with Crippen LogP contribution in [0, 0.1) is 5.41 Å². The van der Waals surface area contributed by atoms with Gasteiger partial charge in [-0.1, -0.05) is 27.4 Å². The van der Waals surface area contributed by atoms with E-state index in [0.29, 0.717) is 5.57 Å². The normalized spacial score (nSPS) is 13.8. The molecule has 2 N–H and O–H groups in total. The predicted octanol–water partition coefficient (Wildman–Crippen LogP) is 1.44. The molecule has 0 aromatic heterocycles. The summed E-state index contributed by atoms with van der Waals surface area (Å²) in [5.41, 5.74) is 5.74. The molecule has 1 unspecified atom stereocenters. The number of esters is 1. The molecule has 0 heterocycles. The number of nitrogens with two attached hydrogens (primary N) is 1. The first-order chi connectivity index (χ1) is 5.25. The van der Waals surface area contributed by atoms with Gasteiger partial charge in [-0.2, -0.15) is 0 Å². The number of ether oxygens (including phenoxy) is 1. The Morgan fingerprint density at radius 2 is 1.92 bits per heavy atom. The van der Waals surface area contributed by atoms with E-state index in [1.54, 1.807) is 6.92 Å². The number of hydrogen-bond acceptors (Lipinski definition) is 3. The summed E-state index contributed by atoms with van der Waals surface area (Å²) >= 11 is 0. The van der Waals surface area contributed by atoms with Gasteiger partial charge >= 0.3 is 5.97 Å². The summed E-state index contributed by atoms with van der Waals surface area (Å²) in [4.78, 5) is 11.0. The molecule has 0 bridgehead atoms. The molecule has 3 nitrogen and oxygen atoms in total. The third-order valence-electron chi connectivity index (χ3n) is 1.44. The van der Waals surface area contributed by atoms with Gasteiger partial charge in [-0.05, 0) is 6.92 Å². The molecule has 1 atom stereocenters. The number of carbonyl (C=O) groups excluding carboxylic acids is 1. The summed E-state index contributed by atoms with van der Waals surface area (Å²) in [5.74, 6) is -0.433. The maximum atomic E-state index is 11.0. The third-order valence-corrected chi connectivity index (χ3v) is 1.44. The van der Waals surface area contributed by atoms with Crippen LogP contribution in [0.25, 0.3) is 0 Å². The van der Waals surface area contributed by atoms with E-state index in [9.17, 15) is 4.79 Å². The van der Waals surface area contributed by atoms with Crippen molar-refractivity contribution < 1.29 is 9.53 Å². The lowest BCUT2D eigenvalue weighted by Gasteiger charge is -2.26. The van der Waals surface area contributed by atoms with Crippen molar-refractivity contribution in [1.29, 1.82) is 0 Å². The molecular weight excluding hydrogens is 154 g/mol. The summed E-state index contributed by atoms with van der Waals surface area (Å²) in [6.07, 6.45) is -0.582. The van der Waals surface area contributed by atoms with Crippen LogP contribution in [0.3, 0.4) is 0 Å². The van der Waals surface area contributed by atoms with Crippen LogP contribution in [0.1, 0.15) is 27.7 Å². The van der Waals surface area contributed by atoms with Crippen molar-refractivity contribution in [2.45, 2.75) is 33.9 Å². The third kappa shape index (κ3) is 3.53. The Morgan fingerprint density at radius 3 is 2.17 bits per heavy atom. The van der Waals surface area contributed by atoms with E-state index >= 15 is 0 Å². The Kier molecular flexibility index (Phi) is 3.46. The van der Waals surface area contributed by atoms with Crippen LogP contribution in [0.4, 0.5) is 0 Å². The molecule has 0 saturated heterocycles. The SMILES string of the molecule is C=C(C)C(=O)OC(N)C(C)(C)C. The summed E-state index contributed by atoms with van der Waals surface area (Å²) in [6.45, 7) is 10.8. The summed E-state index contributed by atoms with van der Waals surface area (Å²) in [6, 6.07) is 0. The Bertz CT molecular complexity index is 191. The first-order valence-electron chi connectivity index (χ1n) is 3.87. The maximum Gasteiger partial charge on any atom is 0.334 e. The highest BCUT2D eigenvalue weighted by Gasteiger charge is 2.24. The molecule has 0 saturated carbocycles. The van der Waals surface area contributed by atoms with Crippen molar-refractivity contribution >= 4 is 5.97 Å². The van der Waals surface area contributed by atoms with Gasteiger partial charge in [0, 0.05) is 11.0 Å². The van der Waals surface area contributed by atoms with Crippen LogP contribution in [0.5, 0.6) is 0 Å². The lowest BCUT2D eigenvalue weighted by Crippen LogP contribution is -2.39. The lowest BCUT2D eigenvalue weighted by atomic mass is 9.95. The van der Waals surface area contributed by atoms with Gasteiger partial charge in [0.2, 0.25) is 0 Å². The van der Waals surface area contributed by atoms with Crippen LogP contribution in [0.15, 0.2) is 12.2 Å². The van der Waals surface area contributed by atoms with E-state index in [2.05, 4.69) is 6.58 Å². The van der Waals surface area contributed by atoms with Crippen molar-refractivity contribution in [3.05, 3.63) is 12.2 Å². The Morgan fingerprint density at radius 1 is 1.50 bits per heavy atom. The van der Waals surface area contributed by atoms with Gasteiger partial charge < -0.3 is 4.74 Å². The number of hydrogen-bond donors (Lipinski definition) is 1. The van der Waals surface area contributed by atoms with Crippen LogP contribution in [0.2, 0.25) is 0 Å². The highest BCUT2D eigenvalue weighted by Crippen LogP contribution is 2.18. The van der Waals surface area contributed by atoms with Crippen molar-refractivity contribution in [3.63, 3.8) is 0 Å². The second-order valence-corrected chi connectivity index (χ2v) is 3.97. The summed E-state index contributed by atoms with van der Waals surface area (Å²) < 4.78 is 4.92. The van der Waals surface area contributed by atoms with E-state index in [-0.39, 0.29) is 5.41 Å². The number of rotatable bonds is 2. The van der Waals surface area contributed by atoms with E-state index in [1.807, 2.05) is 20.8 Å². The monoisotopic (exact) mass is 171 g/mol. The smallest absolute Gasteiger partial charge is 0.334 e. The van der Waals surface area contributed by atoms with Gasteiger partial charge in [0.15, 0.2) is 6.23 Å². The lowest BCUT2D eigenvalue weighted by molar-refractivity contribution is -0.149. The molecule has 0 aromatic carbocycles. The molecule has 0 aliphatic carbocycles. The second-order valence-electron chi connectivity index (χ2n) is 3.97. The van der Waals surface area contributed by atoms with Crippen LogP contribution >= 0.6 is 0 Å². The fourth-order valence-electron chi connectivity index (χ4n) is 0.393. The van der Waals surface area contributed by atoms with Gasteiger partial charge in [0.25, 0.3) is 0 Å². The molecule has 0 fully saturated rings. The minimum atomic E-state index is -0.582. The highest BCUT2D eigenvalue weighted by molar-refractivity contribution is 5.87. The standard InChI is InChI=1S/C9H17NO2/c1-6(2)7(11)12-8(10)9(3,4)5/h8H,1,10H2,2-5H3. The summed E-state index contributed by atoms with van der Waals surface area (Å²) in [7, 11) is 0.